The van der Waals surface area contributed by atoms with Gasteiger partial charge in [-0.1, -0.05) is 66.7 Å². The molecule has 4 rings (SSSR count). The van der Waals surface area contributed by atoms with Crippen molar-refractivity contribution in [2.75, 3.05) is 13.2 Å². The molecule has 10 nitrogen and oxygen atoms in total. The van der Waals surface area contributed by atoms with Crippen LogP contribution in [0, 0.1) is 5.92 Å². The third-order valence-corrected chi connectivity index (χ3v) is 7.93. The normalized spacial score (nSPS) is 17.5. The Kier molecular flexibility index (Phi) is 12.4. The Morgan fingerprint density at radius 1 is 0.915 bits per heavy atom. The first-order chi connectivity index (χ1) is 22.4. The molecule has 0 unspecified atom stereocenters. The second kappa shape index (κ2) is 16.4. The van der Waals surface area contributed by atoms with Gasteiger partial charge in [0, 0.05) is 12.3 Å². The molecule has 47 heavy (non-hydrogen) atoms. The van der Waals surface area contributed by atoms with Crippen molar-refractivity contribution in [2.45, 2.75) is 83.3 Å². The second-order valence-corrected chi connectivity index (χ2v) is 12.8. The molecule has 3 aromatic carbocycles. The van der Waals surface area contributed by atoms with Gasteiger partial charge in [-0.25, -0.2) is 9.59 Å². The van der Waals surface area contributed by atoms with Gasteiger partial charge < -0.3 is 35.1 Å². The third-order valence-electron chi connectivity index (χ3n) is 7.93. The van der Waals surface area contributed by atoms with Gasteiger partial charge in [0.25, 0.3) is 0 Å². The van der Waals surface area contributed by atoms with Crippen LogP contribution in [0.4, 0.5) is 4.79 Å². The van der Waals surface area contributed by atoms with Crippen LogP contribution < -0.4 is 15.4 Å². The van der Waals surface area contributed by atoms with Crippen molar-refractivity contribution in [3.63, 3.8) is 0 Å². The molecular formula is C37H46N2O8. The highest BCUT2D eigenvalue weighted by Gasteiger charge is 2.35. The summed E-state index contributed by atoms with van der Waals surface area (Å²) in [6.45, 7) is 7.05. The lowest BCUT2D eigenvalue weighted by molar-refractivity contribution is -0.145. The Morgan fingerprint density at radius 3 is 2.26 bits per heavy atom. The van der Waals surface area contributed by atoms with Crippen molar-refractivity contribution in [2.24, 2.45) is 5.92 Å². The van der Waals surface area contributed by atoms with Crippen molar-refractivity contribution in [3.05, 3.63) is 101 Å². The summed E-state index contributed by atoms with van der Waals surface area (Å²) in [6.07, 6.45) is -1.54. The molecule has 0 heterocycles. The van der Waals surface area contributed by atoms with Crippen LogP contribution in [-0.4, -0.2) is 65.2 Å². The molecule has 5 atom stereocenters. The van der Waals surface area contributed by atoms with E-state index < -0.39 is 47.9 Å². The molecule has 0 aliphatic heterocycles. The molecule has 3 aromatic rings. The van der Waals surface area contributed by atoms with Crippen molar-refractivity contribution in [3.8, 4) is 5.75 Å². The van der Waals surface area contributed by atoms with Crippen molar-refractivity contribution >= 4 is 18.0 Å². The number of alkyl carbamates (subject to hydrolysis) is 1. The lowest BCUT2D eigenvalue weighted by Crippen LogP contribution is -2.48. The van der Waals surface area contributed by atoms with Gasteiger partial charge in [-0.05, 0) is 81.3 Å². The predicted octanol–water partition coefficient (Wildman–Crippen LogP) is 4.45. The van der Waals surface area contributed by atoms with Gasteiger partial charge in [0.1, 0.15) is 11.4 Å². The summed E-state index contributed by atoms with van der Waals surface area (Å²) in [4.78, 5) is 38.5. The summed E-state index contributed by atoms with van der Waals surface area (Å²) in [7, 11) is 0. The van der Waals surface area contributed by atoms with E-state index >= 15 is 0 Å². The number of aliphatic hydroxyl groups is 2. The number of hydrogen-bond acceptors (Lipinski definition) is 8. The van der Waals surface area contributed by atoms with E-state index in [1.54, 1.807) is 52.0 Å². The largest absolute Gasteiger partial charge is 0.482 e. The lowest BCUT2D eigenvalue weighted by Gasteiger charge is -2.29. The van der Waals surface area contributed by atoms with Gasteiger partial charge in [0.15, 0.2) is 6.61 Å². The molecule has 0 fully saturated rings. The number of fused-ring (bicyclic) bond motifs is 1. The summed E-state index contributed by atoms with van der Waals surface area (Å²) >= 11 is 0. The van der Waals surface area contributed by atoms with E-state index in [1.807, 2.05) is 54.6 Å². The molecule has 252 valence electrons. The zero-order chi connectivity index (χ0) is 34.0. The number of esters is 1. The van der Waals surface area contributed by atoms with Gasteiger partial charge in [0.2, 0.25) is 5.91 Å². The summed E-state index contributed by atoms with van der Waals surface area (Å²) < 4.78 is 15.9. The second-order valence-electron chi connectivity index (χ2n) is 12.8. The van der Waals surface area contributed by atoms with Gasteiger partial charge in [-0.15, -0.1) is 0 Å². The number of rotatable bonds is 14. The standard InChI is InChI=1S/C37H46N2O8/c1-5-45-33(42)23-46-28-17-15-25(16-18-28)19-27(35(43)39-34-29-14-10-9-13-26(29)21-32(34)41)22-31(40)30(20-24-11-7-6-8-12-24)38-36(44)47-37(2,3)4/h6-18,27,30-32,34,40-41H,5,19-23H2,1-4H3,(H,38,44)(H,39,43)/t27-,30-,31-,32+,34-/m0/s1. The minimum atomic E-state index is -1.12. The first-order valence-corrected chi connectivity index (χ1v) is 16.1. The highest BCUT2D eigenvalue weighted by molar-refractivity contribution is 5.80. The summed E-state index contributed by atoms with van der Waals surface area (Å²) in [6, 6.07) is 22.8. The monoisotopic (exact) mass is 646 g/mol. The minimum absolute atomic E-state index is 0.0186. The van der Waals surface area contributed by atoms with E-state index in [1.165, 1.54) is 0 Å². The third kappa shape index (κ3) is 10.8. The number of amides is 2. The maximum atomic E-state index is 14.0. The maximum absolute atomic E-state index is 14.0. The molecule has 0 aromatic heterocycles. The molecule has 1 aliphatic carbocycles. The van der Waals surface area contributed by atoms with Crippen LogP contribution in [-0.2, 0) is 38.3 Å². The number of carbonyl (C=O) groups is 3. The lowest BCUT2D eigenvalue weighted by atomic mass is 9.88. The fourth-order valence-electron chi connectivity index (χ4n) is 5.72. The summed E-state index contributed by atoms with van der Waals surface area (Å²) in [5.74, 6) is -1.06. The van der Waals surface area contributed by atoms with E-state index in [0.717, 1.165) is 22.3 Å². The van der Waals surface area contributed by atoms with Crippen molar-refractivity contribution in [1.29, 1.82) is 0 Å². The Balaban J connectivity index is 1.55. The first kappa shape index (κ1) is 35.4. The van der Waals surface area contributed by atoms with Crippen molar-refractivity contribution < 1.29 is 38.8 Å². The van der Waals surface area contributed by atoms with Gasteiger partial charge in [-0.3, -0.25) is 4.79 Å². The van der Waals surface area contributed by atoms with Gasteiger partial charge in [-0.2, -0.15) is 0 Å². The van der Waals surface area contributed by atoms with E-state index in [2.05, 4.69) is 10.6 Å². The number of nitrogens with one attached hydrogen (secondary N) is 2. The van der Waals surface area contributed by atoms with E-state index in [4.69, 9.17) is 14.2 Å². The molecule has 0 saturated carbocycles. The number of benzene rings is 3. The van der Waals surface area contributed by atoms with E-state index in [9.17, 15) is 24.6 Å². The van der Waals surface area contributed by atoms with Gasteiger partial charge in [0.05, 0.1) is 30.9 Å². The highest BCUT2D eigenvalue weighted by Crippen LogP contribution is 2.32. The number of ether oxygens (including phenoxy) is 3. The molecule has 0 saturated heterocycles. The molecule has 0 radical (unpaired) electrons. The van der Waals surface area contributed by atoms with Crippen LogP contribution in [0.3, 0.4) is 0 Å². The molecule has 0 spiro atoms. The average Bonchev–Trinajstić information content (AvgIpc) is 3.34. The summed E-state index contributed by atoms with van der Waals surface area (Å²) in [5, 5.41) is 28.3. The van der Waals surface area contributed by atoms with Crippen LogP contribution in [0.1, 0.15) is 62.4 Å². The van der Waals surface area contributed by atoms with E-state index in [-0.39, 0.29) is 32.0 Å². The van der Waals surface area contributed by atoms with Crippen LogP contribution in [0.2, 0.25) is 0 Å². The zero-order valence-electron chi connectivity index (χ0n) is 27.5. The fourth-order valence-corrected chi connectivity index (χ4v) is 5.72. The number of carbonyl (C=O) groups excluding carboxylic acids is 3. The highest BCUT2D eigenvalue weighted by atomic mass is 16.6. The zero-order valence-corrected chi connectivity index (χ0v) is 27.5. The van der Waals surface area contributed by atoms with Gasteiger partial charge >= 0.3 is 12.1 Å². The van der Waals surface area contributed by atoms with Crippen LogP contribution in [0.15, 0.2) is 78.9 Å². The molecule has 2 amide bonds. The smallest absolute Gasteiger partial charge is 0.407 e. The Bertz CT molecular complexity index is 1470. The average molecular weight is 647 g/mol. The maximum Gasteiger partial charge on any atom is 0.407 e. The molecule has 4 N–H and O–H groups in total. The predicted molar refractivity (Wildman–Crippen MR) is 177 cm³/mol. The van der Waals surface area contributed by atoms with E-state index in [0.29, 0.717) is 18.6 Å². The Morgan fingerprint density at radius 2 is 1.57 bits per heavy atom. The molecule has 1 aliphatic rings. The van der Waals surface area contributed by atoms with Crippen LogP contribution in [0.25, 0.3) is 0 Å². The fraction of sp³-hybridized carbons (Fsp3) is 0.432. The Labute approximate surface area is 276 Å². The first-order valence-electron chi connectivity index (χ1n) is 16.1. The number of aliphatic hydroxyl groups excluding tert-OH is 2. The van der Waals surface area contributed by atoms with Crippen molar-refractivity contribution in [1.82, 2.24) is 10.6 Å². The minimum Gasteiger partial charge on any atom is -0.482 e. The molecule has 10 heteroatoms. The Hall–Kier alpha value is -4.41. The summed E-state index contributed by atoms with van der Waals surface area (Å²) in [5.41, 5.74) is 2.80. The quantitative estimate of drug-likeness (QED) is 0.188. The molecular weight excluding hydrogens is 600 g/mol. The SMILES string of the molecule is CCOC(=O)COc1ccc(C[C@@H](C[C@H](O)[C@H](Cc2ccccc2)NC(=O)OC(C)(C)C)C(=O)N[C@H]2c3ccccc3C[C@H]2O)cc1. The topological polar surface area (TPSA) is 143 Å². The molecule has 0 bridgehead atoms. The van der Waals surface area contributed by atoms with Crippen LogP contribution >= 0.6 is 0 Å². The number of hydrogen-bond donors (Lipinski definition) is 4. The van der Waals surface area contributed by atoms with Crippen LogP contribution in [0.5, 0.6) is 5.75 Å².